The van der Waals surface area contributed by atoms with E-state index in [9.17, 15) is 11.0 Å². The molecule has 0 aliphatic heterocycles. The molecule has 306 valence electrons. The Balaban J connectivity index is 1.15. The van der Waals surface area contributed by atoms with E-state index < -0.39 is 96.7 Å². The first-order chi connectivity index (χ1) is 39.4. The molecule has 0 N–H and O–H groups in total. The zero-order valence-electron chi connectivity index (χ0n) is 51.0. The first-order valence-electron chi connectivity index (χ1n) is 29.6. The van der Waals surface area contributed by atoms with Crippen LogP contribution in [0.2, 0.25) is 0 Å². The van der Waals surface area contributed by atoms with E-state index in [0.717, 1.165) is 22.3 Å². The van der Waals surface area contributed by atoms with Crippen molar-refractivity contribution in [3.63, 3.8) is 0 Å². The highest BCUT2D eigenvalue weighted by Gasteiger charge is 2.20. The molecule has 13 rings (SSSR count). The Labute approximate surface area is 406 Å². The third-order valence-electron chi connectivity index (χ3n) is 12.7. The fraction of sp³-hybridized carbons (Fsp3) is 0. The summed E-state index contributed by atoms with van der Waals surface area (Å²) in [5.74, 6) is 0. The summed E-state index contributed by atoms with van der Waals surface area (Å²) in [5.41, 5.74) is 5.67. The van der Waals surface area contributed by atoms with Gasteiger partial charge in [0.15, 0.2) is 0 Å². The Morgan fingerprint density at radius 2 is 0.455 bits per heavy atom. The fourth-order valence-corrected chi connectivity index (χ4v) is 9.73. The minimum atomic E-state index is -0.538. The summed E-state index contributed by atoms with van der Waals surface area (Å²) in [5, 5.41) is 2.99. The lowest BCUT2D eigenvalue weighted by Gasteiger charge is -2.19. The Morgan fingerprint density at radius 3 is 0.773 bits per heavy atom. The molecule has 13 aromatic carbocycles. The lowest BCUT2D eigenvalue weighted by atomic mass is 9.84. The van der Waals surface area contributed by atoms with Gasteiger partial charge >= 0.3 is 0 Å². The van der Waals surface area contributed by atoms with Crippen LogP contribution in [0, 0.1) is 0 Å². The maximum atomic E-state index is 9.65. The van der Waals surface area contributed by atoms with Crippen LogP contribution in [0.25, 0.3) is 131 Å². The van der Waals surface area contributed by atoms with Gasteiger partial charge in [0.1, 0.15) is 0 Å². The average Bonchev–Trinajstić information content (AvgIpc) is 0.864. The van der Waals surface area contributed by atoms with Gasteiger partial charge < -0.3 is 0 Å². The second-order valence-electron chi connectivity index (χ2n) is 16.3. The van der Waals surface area contributed by atoms with Crippen molar-refractivity contribution in [2.75, 3.05) is 0 Å². The smallest absolute Gasteiger partial charge is 0.0622 e. The molecule has 0 nitrogen and oxygen atoms in total. The summed E-state index contributed by atoms with van der Waals surface area (Å²) >= 11 is 0. The lowest BCUT2D eigenvalue weighted by Crippen LogP contribution is -1.92. The summed E-state index contributed by atoms with van der Waals surface area (Å²) in [4.78, 5) is 0. The molecule has 0 aromatic heterocycles. The molecule has 0 amide bonds. The molecule has 0 heteroatoms. The van der Waals surface area contributed by atoms with Gasteiger partial charge in [0.05, 0.1) is 21.9 Å². The van der Waals surface area contributed by atoms with E-state index in [1.807, 2.05) is 121 Å². The van der Waals surface area contributed by atoms with E-state index in [-0.39, 0.29) is 65.3 Å². The van der Waals surface area contributed by atoms with Crippen LogP contribution in [0.5, 0.6) is 0 Å². The van der Waals surface area contributed by atoms with Crippen molar-refractivity contribution in [3.8, 4) is 66.8 Å². The van der Waals surface area contributed by atoms with Crippen LogP contribution in [0.1, 0.15) is 21.9 Å². The maximum absolute atomic E-state index is 9.65. The molecule has 0 unspecified atom stereocenters. The Kier molecular flexibility index (Phi) is 5.92. The summed E-state index contributed by atoms with van der Waals surface area (Å²) in [6.07, 6.45) is 0. The van der Waals surface area contributed by atoms with Gasteiger partial charge in [-0.05, 0) is 156 Å². The number of rotatable bonds is 6. The molecule has 0 aliphatic rings. The highest BCUT2D eigenvalue weighted by molar-refractivity contribution is 6.24. The highest BCUT2D eigenvalue weighted by atomic mass is 14.2. The molecule has 0 radical (unpaired) electrons. The van der Waals surface area contributed by atoms with Crippen LogP contribution in [-0.2, 0) is 0 Å². The summed E-state index contributed by atoms with van der Waals surface area (Å²) in [6, 6.07) is 40.8. The zero-order valence-corrected chi connectivity index (χ0v) is 35.0. The van der Waals surface area contributed by atoms with Crippen molar-refractivity contribution < 1.29 is 21.9 Å². The van der Waals surface area contributed by atoms with Gasteiger partial charge in [-0.2, -0.15) is 0 Å². The van der Waals surface area contributed by atoms with Gasteiger partial charge in [-0.3, -0.25) is 0 Å². The first kappa shape index (κ1) is 25.1. The van der Waals surface area contributed by atoms with E-state index in [4.69, 9.17) is 11.0 Å². The van der Waals surface area contributed by atoms with Gasteiger partial charge in [-0.1, -0.05) is 230 Å². The topological polar surface area (TPSA) is 0 Å². The number of benzene rings is 13. The largest absolute Gasteiger partial charge is 0.0629 e. The molecule has 0 aliphatic carbocycles. The number of hydrogen-bond acceptors (Lipinski definition) is 0. The average molecular weight is 851 g/mol. The maximum Gasteiger partial charge on any atom is 0.0629 e. The van der Waals surface area contributed by atoms with Crippen molar-refractivity contribution in [1.82, 2.24) is 0 Å². The van der Waals surface area contributed by atoms with E-state index >= 15 is 0 Å². The van der Waals surface area contributed by atoms with Crippen LogP contribution < -0.4 is 0 Å². The summed E-state index contributed by atoms with van der Waals surface area (Å²) in [7, 11) is 0. The SMILES string of the molecule is [2H]c1c([2H])c([2H])c2c(-c3ccc4ccc5ccc(-c6c7c([2H])c([2H])c([2H])c([2H])c7c(-c7cccc(-c8ccccc8)c7)c7c([2H])c([2H])c([2H])c([2H])c67)cc5c4c3)c3c([2H])c([2H])c([2H])c([2H])c3c(-c3cccc(-c4ccccc4)c3)c2c1[2H]. The molecule has 66 heavy (non-hydrogen) atoms. The van der Waals surface area contributed by atoms with Gasteiger partial charge in [-0.15, -0.1) is 0 Å². The van der Waals surface area contributed by atoms with Gasteiger partial charge in [-0.25, -0.2) is 0 Å². The molecule has 0 atom stereocenters. The molecular weight excluding hydrogens is 793 g/mol. The van der Waals surface area contributed by atoms with Crippen molar-refractivity contribution >= 4 is 64.6 Å². The predicted octanol–water partition coefficient (Wildman–Crippen LogP) is 18.6. The third-order valence-corrected chi connectivity index (χ3v) is 12.7. The normalized spacial score (nSPS) is 15.0. The fourth-order valence-electron chi connectivity index (χ4n) is 9.73. The summed E-state index contributed by atoms with van der Waals surface area (Å²) < 4.78 is 149. The van der Waals surface area contributed by atoms with Crippen molar-refractivity contribution in [2.45, 2.75) is 0 Å². The van der Waals surface area contributed by atoms with Crippen LogP contribution in [0.4, 0.5) is 0 Å². The Morgan fingerprint density at radius 1 is 0.197 bits per heavy atom. The van der Waals surface area contributed by atoms with E-state index in [1.165, 1.54) is 0 Å². The molecule has 0 saturated heterocycles. The lowest BCUT2D eigenvalue weighted by molar-refractivity contribution is 1.61. The van der Waals surface area contributed by atoms with Gasteiger partial charge in [0.25, 0.3) is 0 Å². The number of fused-ring (bicyclic) bond motifs is 7. The zero-order chi connectivity index (χ0) is 57.5. The van der Waals surface area contributed by atoms with Crippen LogP contribution in [0.3, 0.4) is 0 Å². The van der Waals surface area contributed by atoms with Crippen LogP contribution >= 0.6 is 0 Å². The van der Waals surface area contributed by atoms with E-state index in [2.05, 4.69) is 0 Å². The minimum Gasteiger partial charge on any atom is -0.0622 e. The number of hydrogen-bond donors (Lipinski definition) is 0. The molecule has 13 aromatic rings. The molecule has 0 saturated carbocycles. The van der Waals surface area contributed by atoms with Crippen LogP contribution in [0.15, 0.2) is 254 Å². The molecule has 0 bridgehead atoms. The van der Waals surface area contributed by atoms with Gasteiger partial charge in [0.2, 0.25) is 0 Å². The second-order valence-corrected chi connectivity index (χ2v) is 16.3. The molecular formula is C66H42. The standard InChI is InChI=1S/C66H42/c1-3-17-43(18-4-1)47-21-15-23-49(39-47)63-53-25-7-11-29-57(53)65(58-30-12-8-26-54(58)63)51-37-35-45-33-34-46-36-38-52(42-62(46)61(45)41-51)66-59-31-13-9-27-55(59)64(56-28-10-14-32-60(56)66)50-24-16-22-48(40-50)44-19-5-2-6-20-44/h1-42H/i7D,8D,9D,10D,11D,12D,13D,14D,25D,26D,27D,28D,29D,30D,31D,32D. The summed E-state index contributed by atoms with van der Waals surface area (Å²) in [6.45, 7) is 0. The van der Waals surface area contributed by atoms with Crippen molar-refractivity contribution in [2.24, 2.45) is 0 Å². The molecule has 0 fully saturated rings. The van der Waals surface area contributed by atoms with E-state index in [1.54, 1.807) is 36.4 Å². The third kappa shape index (κ3) is 6.22. The van der Waals surface area contributed by atoms with Crippen LogP contribution in [-0.4, -0.2) is 0 Å². The predicted molar refractivity (Wildman–Crippen MR) is 284 cm³/mol. The van der Waals surface area contributed by atoms with E-state index in [0.29, 0.717) is 43.8 Å². The molecule has 0 heterocycles. The second kappa shape index (κ2) is 15.6. The van der Waals surface area contributed by atoms with Gasteiger partial charge in [0, 0.05) is 0 Å². The Bertz CT molecular complexity index is 4510. The first-order valence-corrected chi connectivity index (χ1v) is 21.6. The monoisotopic (exact) mass is 850 g/mol. The Hall–Kier alpha value is -8.58. The van der Waals surface area contributed by atoms with Crippen molar-refractivity contribution in [3.05, 3.63) is 254 Å². The molecule has 0 spiro atoms. The highest BCUT2D eigenvalue weighted by Crippen LogP contribution is 2.47. The minimum absolute atomic E-state index is 0.0412. The quantitative estimate of drug-likeness (QED) is 0.115. The van der Waals surface area contributed by atoms with Crippen molar-refractivity contribution in [1.29, 1.82) is 0 Å².